The van der Waals surface area contributed by atoms with Crippen LogP contribution in [0.2, 0.25) is 0 Å². The standard InChI is InChI=1S/C10H4BrF10N/c11-22-6-2-1-4(3-5(6)8(13,14)15)7(12,9(16,17)18)10(19,20)21/h1-3,22H. The van der Waals surface area contributed by atoms with Crippen molar-refractivity contribution in [1.82, 2.24) is 0 Å². The first kappa shape index (κ1) is 18.8. The number of anilines is 1. The number of alkyl halides is 10. The minimum Gasteiger partial charge on any atom is -0.322 e. The zero-order valence-electron chi connectivity index (χ0n) is 9.89. The molecule has 1 N–H and O–H groups in total. The number of benzene rings is 1. The van der Waals surface area contributed by atoms with E-state index in [-0.39, 0.29) is 12.1 Å². The Bertz CT molecular complexity index is 530. The molecule has 0 aromatic heterocycles. The van der Waals surface area contributed by atoms with Crippen LogP contribution in [0.25, 0.3) is 0 Å². The smallest absolute Gasteiger partial charge is 0.322 e. The van der Waals surface area contributed by atoms with Gasteiger partial charge in [0.25, 0.3) is 0 Å². The molecule has 0 radical (unpaired) electrons. The van der Waals surface area contributed by atoms with Crippen LogP contribution in [0.15, 0.2) is 18.2 Å². The highest BCUT2D eigenvalue weighted by Gasteiger charge is 2.73. The first-order chi connectivity index (χ1) is 9.66. The Kier molecular flexibility index (Phi) is 4.68. The van der Waals surface area contributed by atoms with Gasteiger partial charge < -0.3 is 4.34 Å². The maximum absolute atomic E-state index is 13.7. The molecule has 0 saturated carbocycles. The Labute approximate surface area is 124 Å². The first-order valence-corrected chi connectivity index (χ1v) is 5.86. The summed E-state index contributed by atoms with van der Waals surface area (Å²) in [5, 5.41) is 0. The van der Waals surface area contributed by atoms with Gasteiger partial charge in [0, 0.05) is 21.7 Å². The van der Waals surface area contributed by atoms with Crippen LogP contribution in [0.3, 0.4) is 0 Å². The zero-order chi connectivity index (χ0) is 17.6. The number of nitrogens with one attached hydrogen (secondary N) is 1. The Hall–Kier alpha value is -1.20. The van der Waals surface area contributed by atoms with E-state index in [1.807, 2.05) is 0 Å². The Morgan fingerprint density at radius 2 is 1.23 bits per heavy atom. The monoisotopic (exact) mass is 407 g/mol. The first-order valence-electron chi connectivity index (χ1n) is 5.07. The second kappa shape index (κ2) is 5.46. The molecule has 0 heterocycles. The molecule has 0 saturated heterocycles. The summed E-state index contributed by atoms with van der Waals surface area (Å²) in [6.45, 7) is 0. The second-order valence-electron chi connectivity index (χ2n) is 4.01. The summed E-state index contributed by atoms with van der Waals surface area (Å²) < 4.78 is 128. The van der Waals surface area contributed by atoms with Crippen molar-refractivity contribution in [2.45, 2.75) is 24.2 Å². The fraction of sp³-hybridized carbons (Fsp3) is 0.400. The van der Waals surface area contributed by atoms with Crippen molar-refractivity contribution in [2.24, 2.45) is 0 Å². The SMILES string of the molecule is FC(F)(F)c1cc(C(F)(C(F)(F)F)C(F)(F)F)ccc1NBr. The average molecular weight is 408 g/mol. The van der Waals surface area contributed by atoms with E-state index in [0.717, 1.165) is 0 Å². The Morgan fingerprint density at radius 1 is 0.773 bits per heavy atom. The molecule has 0 unspecified atom stereocenters. The van der Waals surface area contributed by atoms with Gasteiger partial charge in [-0.2, -0.15) is 39.5 Å². The molecule has 12 heteroatoms. The van der Waals surface area contributed by atoms with Crippen LogP contribution in [-0.4, -0.2) is 12.4 Å². The van der Waals surface area contributed by atoms with Crippen molar-refractivity contribution in [3.63, 3.8) is 0 Å². The third-order valence-electron chi connectivity index (χ3n) is 2.61. The summed E-state index contributed by atoms with van der Waals surface area (Å²) in [4.78, 5) is 0. The minimum atomic E-state index is -6.49. The van der Waals surface area contributed by atoms with E-state index in [9.17, 15) is 43.9 Å². The molecule has 126 valence electrons. The molecule has 1 aromatic rings. The van der Waals surface area contributed by atoms with Gasteiger partial charge in [0.2, 0.25) is 0 Å². The fourth-order valence-electron chi connectivity index (χ4n) is 1.56. The highest BCUT2D eigenvalue weighted by molar-refractivity contribution is 9.10. The second-order valence-corrected chi connectivity index (χ2v) is 4.40. The lowest BCUT2D eigenvalue weighted by Gasteiger charge is -2.31. The van der Waals surface area contributed by atoms with Crippen LogP contribution < -0.4 is 4.34 Å². The number of rotatable bonds is 2. The average Bonchev–Trinajstić information content (AvgIpc) is 2.33. The molecule has 0 aliphatic heterocycles. The minimum absolute atomic E-state index is 0.0280. The van der Waals surface area contributed by atoms with Crippen LogP contribution >= 0.6 is 16.1 Å². The molecule has 0 aliphatic rings. The fourth-order valence-corrected chi connectivity index (χ4v) is 1.91. The van der Waals surface area contributed by atoms with E-state index in [1.54, 1.807) is 4.34 Å². The molecule has 22 heavy (non-hydrogen) atoms. The summed E-state index contributed by atoms with van der Waals surface area (Å²) >= 11 is 2.37. The van der Waals surface area contributed by atoms with Crippen LogP contribution in [-0.2, 0) is 11.8 Å². The van der Waals surface area contributed by atoms with Crippen LogP contribution in [0.4, 0.5) is 49.6 Å². The molecule has 1 nitrogen and oxygen atoms in total. The van der Waals surface area contributed by atoms with E-state index in [4.69, 9.17) is 0 Å². The van der Waals surface area contributed by atoms with Gasteiger partial charge in [0.1, 0.15) is 0 Å². The lowest BCUT2D eigenvalue weighted by molar-refractivity contribution is -0.348. The predicted molar refractivity (Wildman–Crippen MR) is 58.9 cm³/mol. The topological polar surface area (TPSA) is 12.0 Å². The van der Waals surface area contributed by atoms with Gasteiger partial charge in [-0.3, -0.25) is 0 Å². The molecule has 1 rings (SSSR count). The molecule has 0 spiro atoms. The third kappa shape index (κ3) is 3.10. The largest absolute Gasteiger partial charge is 0.435 e. The molecule has 0 aliphatic carbocycles. The van der Waals surface area contributed by atoms with Gasteiger partial charge in [-0.1, -0.05) is 6.07 Å². The van der Waals surface area contributed by atoms with Crippen LogP contribution in [0, 0.1) is 0 Å². The molecular formula is C10H4BrF10N. The van der Waals surface area contributed by atoms with Crippen LogP contribution in [0.5, 0.6) is 0 Å². The highest BCUT2D eigenvalue weighted by Crippen LogP contribution is 2.54. The molecule has 0 bridgehead atoms. The van der Waals surface area contributed by atoms with Gasteiger partial charge in [0.05, 0.1) is 11.3 Å². The molecular weight excluding hydrogens is 404 g/mol. The van der Waals surface area contributed by atoms with Gasteiger partial charge in [-0.15, -0.1) is 0 Å². The van der Waals surface area contributed by atoms with Crippen molar-refractivity contribution in [2.75, 3.05) is 4.34 Å². The Balaban J connectivity index is 3.67. The van der Waals surface area contributed by atoms with Gasteiger partial charge >= 0.3 is 24.2 Å². The van der Waals surface area contributed by atoms with Gasteiger partial charge in [-0.05, 0) is 12.1 Å². The third-order valence-corrected chi connectivity index (χ3v) is 3.03. The Morgan fingerprint density at radius 3 is 1.55 bits per heavy atom. The van der Waals surface area contributed by atoms with E-state index in [2.05, 4.69) is 16.1 Å². The van der Waals surface area contributed by atoms with E-state index in [0.29, 0.717) is 0 Å². The normalized spacial score (nSPS) is 14.1. The maximum Gasteiger partial charge on any atom is 0.435 e. The van der Waals surface area contributed by atoms with Crippen molar-refractivity contribution < 1.29 is 43.9 Å². The molecule has 0 amide bonds. The number of halogens is 11. The van der Waals surface area contributed by atoms with E-state index < -0.39 is 47.1 Å². The maximum atomic E-state index is 13.7. The van der Waals surface area contributed by atoms with E-state index in [1.165, 1.54) is 0 Å². The molecule has 0 atom stereocenters. The van der Waals surface area contributed by atoms with Crippen molar-refractivity contribution in [3.8, 4) is 0 Å². The predicted octanol–water partition coefficient (Wildman–Crippen LogP) is 5.72. The van der Waals surface area contributed by atoms with Crippen molar-refractivity contribution in [1.29, 1.82) is 0 Å². The quantitative estimate of drug-likeness (QED) is 0.488. The van der Waals surface area contributed by atoms with E-state index >= 15 is 0 Å². The summed E-state index contributed by atoms with van der Waals surface area (Å²) in [5.74, 6) is 0. The highest BCUT2D eigenvalue weighted by atomic mass is 79.9. The number of hydrogen-bond acceptors (Lipinski definition) is 1. The summed E-state index contributed by atoms with van der Waals surface area (Å²) in [6, 6.07) is -0.316. The summed E-state index contributed by atoms with van der Waals surface area (Å²) in [7, 11) is 0. The van der Waals surface area contributed by atoms with Gasteiger partial charge in [0.15, 0.2) is 0 Å². The molecule has 1 aromatic carbocycles. The molecule has 0 fully saturated rings. The van der Waals surface area contributed by atoms with Crippen molar-refractivity contribution in [3.05, 3.63) is 29.3 Å². The van der Waals surface area contributed by atoms with Gasteiger partial charge in [-0.25, -0.2) is 4.39 Å². The van der Waals surface area contributed by atoms with Crippen LogP contribution in [0.1, 0.15) is 11.1 Å². The number of hydrogen-bond donors (Lipinski definition) is 1. The van der Waals surface area contributed by atoms with Crippen molar-refractivity contribution >= 4 is 21.8 Å². The summed E-state index contributed by atoms with van der Waals surface area (Å²) in [6.07, 6.45) is -18.3. The lowest BCUT2D eigenvalue weighted by atomic mass is 9.92. The summed E-state index contributed by atoms with van der Waals surface area (Å²) in [5.41, 5.74) is -10.9. The zero-order valence-corrected chi connectivity index (χ0v) is 11.5. The lowest BCUT2D eigenvalue weighted by Crippen LogP contribution is -2.50.